The van der Waals surface area contributed by atoms with Crippen molar-refractivity contribution in [3.05, 3.63) is 59.6 Å². The average molecular weight is 496 g/mol. The van der Waals surface area contributed by atoms with Crippen LogP contribution >= 0.6 is 34.7 Å². The van der Waals surface area contributed by atoms with Crippen LogP contribution < -0.4 is 10.2 Å². The molecule has 2 bridgehead atoms. The van der Waals surface area contributed by atoms with Crippen LogP contribution in [0.15, 0.2) is 59.0 Å². The summed E-state index contributed by atoms with van der Waals surface area (Å²) in [4.78, 5) is 44.4. The van der Waals surface area contributed by atoms with E-state index in [-0.39, 0.29) is 47.1 Å². The molecule has 0 radical (unpaired) electrons. The second-order valence-corrected chi connectivity index (χ2v) is 11.2. The largest absolute Gasteiger partial charge is 0.325 e. The Hall–Kier alpha value is -2.68. The number of hydrogen-bond acceptors (Lipinski definition) is 6. The summed E-state index contributed by atoms with van der Waals surface area (Å²) in [5.41, 5.74) is 2.07. The number of thiazole rings is 1. The first-order valence-corrected chi connectivity index (χ1v) is 12.8. The fourth-order valence-electron chi connectivity index (χ4n) is 5.11. The van der Waals surface area contributed by atoms with Gasteiger partial charge in [-0.2, -0.15) is 0 Å². The molecule has 1 N–H and O–H groups in total. The highest BCUT2D eigenvalue weighted by molar-refractivity contribution is 8.01. The summed E-state index contributed by atoms with van der Waals surface area (Å²) >= 11 is 8.67. The Morgan fingerprint density at radius 1 is 1.09 bits per heavy atom. The van der Waals surface area contributed by atoms with Gasteiger partial charge in [0.05, 0.1) is 33.5 Å². The van der Waals surface area contributed by atoms with E-state index in [2.05, 4.69) is 22.5 Å². The second-order valence-electron chi connectivity index (χ2n) is 8.49. The molecule has 6 nitrogen and oxygen atoms in total. The predicted octanol–water partition coefficient (Wildman–Crippen LogP) is 4.99. The topological polar surface area (TPSA) is 79.4 Å². The number of thioether (sulfide) groups is 1. The molecule has 1 saturated carbocycles. The molecule has 2 aliphatic carbocycles. The third-order valence-corrected chi connectivity index (χ3v) is 8.95. The Bertz CT molecular complexity index is 1310. The summed E-state index contributed by atoms with van der Waals surface area (Å²) in [6, 6.07) is 12.4. The molecule has 3 amide bonds. The van der Waals surface area contributed by atoms with E-state index in [1.54, 1.807) is 30.3 Å². The molecule has 6 rings (SSSR count). The molecule has 1 aromatic heterocycles. The van der Waals surface area contributed by atoms with Crippen LogP contribution in [-0.4, -0.2) is 28.5 Å². The van der Waals surface area contributed by atoms with Gasteiger partial charge in [0, 0.05) is 10.7 Å². The number of nitrogens with zero attached hydrogens (tertiary/aromatic N) is 2. The SMILES string of the molecule is O=C(CSc1nc2ccc(N3C(=O)[C@H]4[C@H](C3=O)[C@H]3C=C[C@H]4C3)cc2s1)Nc1ccc(Cl)cc1. The van der Waals surface area contributed by atoms with Gasteiger partial charge in [0.2, 0.25) is 17.7 Å². The number of carbonyl (C=O) groups excluding carboxylic acids is 3. The molecule has 2 heterocycles. The van der Waals surface area contributed by atoms with Gasteiger partial charge < -0.3 is 5.32 Å². The van der Waals surface area contributed by atoms with Crippen LogP contribution in [0, 0.1) is 23.7 Å². The molecule has 33 heavy (non-hydrogen) atoms. The lowest BCUT2D eigenvalue weighted by atomic mass is 9.85. The molecular formula is C24H18ClN3O3S2. The van der Waals surface area contributed by atoms with Crippen LogP contribution in [0.5, 0.6) is 0 Å². The number of rotatable bonds is 5. The van der Waals surface area contributed by atoms with Gasteiger partial charge in [0.25, 0.3) is 0 Å². The van der Waals surface area contributed by atoms with Crippen molar-refractivity contribution in [2.45, 2.75) is 10.8 Å². The first kappa shape index (κ1) is 20.9. The normalized spacial score (nSPS) is 25.3. The molecule has 3 aliphatic rings. The van der Waals surface area contributed by atoms with Crippen molar-refractivity contribution in [2.75, 3.05) is 16.0 Å². The number of hydrogen-bond donors (Lipinski definition) is 1. The van der Waals surface area contributed by atoms with Gasteiger partial charge in [-0.3, -0.25) is 14.4 Å². The van der Waals surface area contributed by atoms with E-state index in [0.29, 0.717) is 16.4 Å². The summed E-state index contributed by atoms with van der Waals surface area (Å²) in [5.74, 6) is -0.128. The van der Waals surface area contributed by atoms with Crippen molar-refractivity contribution >= 4 is 74.0 Å². The average Bonchev–Trinajstić information content (AvgIpc) is 3.56. The number of fused-ring (bicyclic) bond motifs is 6. The summed E-state index contributed by atoms with van der Waals surface area (Å²) in [6.07, 6.45) is 5.11. The van der Waals surface area contributed by atoms with Gasteiger partial charge in [-0.05, 0) is 60.7 Å². The zero-order chi connectivity index (χ0) is 22.7. The lowest BCUT2D eigenvalue weighted by Gasteiger charge is -2.17. The van der Waals surface area contributed by atoms with Crippen LogP contribution in [0.25, 0.3) is 10.2 Å². The molecule has 4 atom stereocenters. The number of carbonyl (C=O) groups is 3. The monoisotopic (exact) mass is 495 g/mol. The van der Waals surface area contributed by atoms with E-state index in [9.17, 15) is 14.4 Å². The number of benzene rings is 2. The summed E-state index contributed by atoms with van der Waals surface area (Å²) in [6.45, 7) is 0. The minimum absolute atomic E-state index is 0.0841. The van der Waals surface area contributed by atoms with Crippen molar-refractivity contribution in [3.8, 4) is 0 Å². The smallest absolute Gasteiger partial charge is 0.238 e. The third kappa shape index (κ3) is 3.57. The Morgan fingerprint density at radius 3 is 2.48 bits per heavy atom. The van der Waals surface area contributed by atoms with E-state index < -0.39 is 0 Å². The molecule has 0 spiro atoms. The number of anilines is 2. The second kappa shape index (κ2) is 7.97. The van der Waals surface area contributed by atoms with E-state index in [1.807, 2.05) is 12.1 Å². The van der Waals surface area contributed by atoms with Crippen LogP contribution in [-0.2, 0) is 14.4 Å². The molecule has 2 aromatic carbocycles. The number of imide groups is 1. The highest BCUT2D eigenvalue weighted by Crippen LogP contribution is 2.53. The van der Waals surface area contributed by atoms with Gasteiger partial charge in [0.15, 0.2) is 4.34 Å². The van der Waals surface area contributed by atoms with E-state index in [0.717, 1.165) is 21.0 Å². The van der Waals surface area contributed by atoms with Gasteiger partial charge in [0.1, 0.15) is 0 Å². The minimum atomic E-state index is -0.213. The maximum Gasteiger partial charge on any atom is 0.238 e. The van der Waals surface area contributed by atoms with Crippen molar-refractivity contribution in [3.63, 3.8) is 0 Å². The van der Waals surface area contributed by atoms with Crippen LogP contribution in [0.1, 0.15) is 6.42 Å². The fourth-order valence-corrected chi connectivity index (χ4v) is 7.13. The number of allylic oxidation sites excluding steroid dienone is 2. The van der Waals surface area contributed by atoms with Crippen molar-refractivity contribution in [1.29, 1.82) is 0 Å². The zero-order valence-electron chi connectivity index (χ0n) is 17.2. The van der Waals surface area contributed by atoms with Crippen molar-refractivity contribution in [1.82, 2.24) is 4.98 Å². The first-order valence-electron chi connectivity index (χ1n) is 10.6. The maximum atomic E-state index is 13.1. The van der Waals surface area contributed by atoms with Crippen molar-refractivity contribution < 1.29 is 14.4 Å². The Balaban J connectivity index is 1.16. The molecule has 9 heteroatoms. The van der Waals surface area contributed by atoms with Crippen LogP contribution in [0.2, 0.25) is 5.02 Å². The number of amides is 3. The third-order valence-electron chi connectivity index (χ3n) is 6.54. The summed E-state index contributed by atoms with van der Waals surface area (Å²) < 4.78 is 1.64. The van der Waals surface area contributed by atoms with Gasteiger partial charge in [-0.15, -0.1) is 11.3 Å². The van der Waals surface area contributed by atoms with E-state index >= 15 is 0 Å². The van der Waals surface area contributed by atoms with Gasteiger partial charge in [-0.25, -0.2) is 9.88 Å². The Kier molecular flexibility index (Phi) is 5.05. The predicted molar refractivity (Wildman–Crippen MR) is 131 cm³/mol. The number of nitrogens with one attached hydrogen (secondary N) is 1. The summed E-state index contributed by atoms with van der Waals surface area (Å²) in [7, 11) is 0. The molecule has 1 saturated heterocycles. The highest BCUT2D eigenvalue weighted by Gasteiger charge is 2.59. The Labute approximate surface area is 203 Å². The first-order chi connectivity index (χ1) is 16.0. The van der Waals surface area contributed by atoms with E-state index in [4.69, 9.17) is 11.6 Å². The molecule has 3 aromatic rings. The molecule has 2 fully saturated rings. The minimum Gasteiger partial charge on any atom is -0.325 e. The lowest BCUT2D eigenvalue weighted by Crippen LogP contribution is -2.32. The van der Waals surface area contributed by atoms with Crippen LogP contribution in [0.4, 0.5) is 11.4 Å². The number of aromatic nitrogens is 1. The zero-order valence-corrected chi connectivity index (χ0v) is 19.6. The highest BCUT2D eigenvalue weighted by atomic mass is 35.5. The summed E-state index contributed by atoms with van der Waals surface area (Å²) in [5, 5.41) is 3.44. The lowest BCUT2D eigenvalue weighted by molar-refractivity contribution is -0.123. The van der Waals surface area contributed by atoms with Crippen LogP contribution in [0.3, 0.4) is 0 Å². The molecular weight excluding hydrogens is 478 g/mol. The molecule has 1 aliphatic heterocycles. The number of halogens is 1. The molecule has 166 valence electrons. The standard InChI is InChI=1S/C24H18ClN3O3S2/c25-14-3-5-15(6-4-14)26-19(29)11-32-24-27-17-8-7-16(10-18(17)33-24)28-22(30)20-12-1-2-13(9-12)21(20)23(28)31/h1-8,10,12-13,20-21H,9,11H2,(H,26,29)/t12-,13-,20+,21+/m0/s1. The van der Waals surface area contributed by atoms with Gasteiger partial charge in [-0.1, -0.05) is 35.5 Å². The molecule has 0 unspecified atom stereocenters. The quantitative estimate of drug-likeness (QED) is 0.306. The van der Waals surface area contributed by atoms with E-state index in [1.165, 1.54) is 28.0 Å². The Morgan fingerprint density at radius 2 is 1.79 bits per heavy atom. The van der Waals surface area contributed by atoms with Crippen molar-refractivity contribution in [2.24, 2.45) is 23.7 Å². The van der Waals surface area contributed by atoms with Gasteiger partial charge >= 0.3 is 0 Å². The maximum absolute atomic E-state index is 13.1. The fraction of sp³-hybridized carbons (Fsp3) is 0.250.